The summed E-state index contributed by atoms with van der Waals surface area (Å²) in [6.07, 6.45) is 0.718. The number of halogens is 2. The van der Waals surface area contributed by atoms with Crippen molar-refractivity contribution in [3.63, 3.8) is 0 Å². The van der Waals surface area contributed by atoms with E-state index in [0.717, 1.165) is 29.5 Å². The number of nitrogens with one attached hydrogen (secondary N) is 1. The Balaban J connectivity index is 1.77. The van der Waals surface area contributed by atoms with Gasteiger partial charge in [0.05, 0.1) is 0 Å². The van der Waals surface area contributed by atoms with Gasteiger partial charge < -0.3 is 5.32 Å². The molecule has 0 bridgehead atoms. The van der Waals surface area contributed by atoms with E-state index in [1.165, 1.54) is 10.9 Å². The van der Waals surface area contributed by atoms with Crippen LogP contribution in [0.25, 0.3) is 0 Å². The van der Waals surface area contributed by atoms with Crippen molar-refractivity contribution in [1.29, 1.82) is 0 Å². The molecule has 0 radical (unpaired) electrons. The average Bonchev–Trinajstić information content (AvgIpc) is 2.73. The smallest absolute Gasteiger partial charge is 0.126 e. The molecule has 0 fully saturated rings. The molecule has 0 aliphatic rings. The second kappa shape index (κ2) is 6.28. The van der Waals surface area contributed by atoms with Crippen molar-refractivity contribution in [2.45, 2.75) is 13.0 Å². The summed E-state index contributed by atoms with van der Waals surface area (Å²) < 4.78 is 14.5. The van der Waals surface area contributed by atoms with Crippen molar-refractivity contribution in [3.8, 4) is 0 Å². The first-order chi connectivity index (χ1) is 8.27. The molecule has 0 saturated heterocycles. The van der Waals surface area contributed by atoms with E-state index < -0.39 is 0 Å². The number of rotatable bonds is 5. The molecule has 1 heterocycles. The second-order valence-electron chi connectivity index (χ2n) is 3.71. The van der Waals surface area contributed by atoms with Crippen molar-refractivity contribution in [2.75, 3.05) is 6.54 Å². The molecule has 1 aromatic heterocycles. The first-order valence-corrected chi connectivity index (χ1v) is 7.10. The predicted molar refractivity (Wildman–Crippen MR) is 73.8 cm³/mol. The molecule has 17 heavy (non-hydrogen) atoms. The molecule has 0 aliphatic heterocycles. The van der Waals surface area contributed by atoms with Crippen molar-refractivity contribution < 1.29 is 4.39 Å². The Labute approximate surface area is 113 Å². The van der Waals surface area contributed by atoms with E-state index in [4.69, 9.17) is 0 Å². The van der Waals surface area contributed by atoms with Crippen molar-refractivity contribution >= 4 is 27.3 Å². The number of thiophene rings is 1. The molecule has 0 aliphatic carbocycles. The van der Waals surface area contributed by atoms with E-state index >= 15 is 0 Å². The van der Waals surface area contributed by atoms with E-state index in [1.54, 1.807) is 17.4 Å². The van der Waals surface area contributed by atoms with E-state index in [0.29, 0.717) is 0 Å². The van der Waals surface area contributed by atoms with Crippen LogP contribution in [-0.4, -0.2) is 6.54 Å². The highest BCUT2D eigenvalue weighted by molar-refractivity contribution is 9.10. The van der Waals surface area contributed by atoms with Crippen LogP contribution in [0.1, 0.15) is 10.4 Å². The first kappa shape index (κ1) is 12.7. The summed E-state index contributed by atoms with van der Waals surface area (Å²) in [5, 5.41) is 5.37. The Morgan fingerprint density at radius 2 is 2.06 bits per heavy atom. The van der Waals surface area contributed by atoms with Gasteiger partial charge in [-0.05, 0) is 52.0 Å². The van der Waals surface area contributed by atoms with Gasteiger partial charge in [-0.15, -0.1) is 11.3 Å². The van der Waals surface area contributed by atoms with Gasteiger partial charge in [0.2, 0.25) is 0 Å². The van der Waals surface area contributed by atoms with Crippen LogP contribution < -0.4 is 5.32 Å². The molecule has 90 valence electrons. The summed E-state index contributed by atoms with van der Waals surface area (Å²) in [6.45, 7) is 1.61. The maximum absolute atomic E-state index is 13.3. The molecule has 2 rings (SSSR count). The molecule has 1 nitrogen and oxygen atoms in total. The number of hydrogen-bond acceptors (Lipinski definition) is 2. The lowest BCUT2D eigenvalue weighted by atomic mass is 10.1. The lowest BCUT2D eigenvalue weighted by Gasteiger charge is -2.05. The van der Waals surface area contributed by atoms with Gasteiger partial charge in [-0.2, -0.15) is 0 Å². The molecule has 0 amide bonds. The van der Waals surface area contributed by atoms with E-state index in [2.05, 4.69) is 26.6 Å². The fourth-order valence-electron chi connectivity index (χ4n) is 1.58. The van der Waals surface area contributed by atoms with Gasteiger partial charge in [-0.3, -0.25) is 0 Å². The third-order valence-corrected chi connectivity index (χ3v) is 4.43. The Kier molecular flexibility index (Phi) is 4.71. The molecule has 0 atom stereocenters. The van der Waals surface area contributed by atoms with E-state index in [-0.39, 0.29) is 5.82 Å². The molecular weight excluding hydrogens is 301 g/mol. The van der Waals surface area contributed by atoms with Crippen LogP contribution in [0.5, 0.6) is 0 Å². The van der Waals surface area contributed by atoms with Crippen LogP contribution in [0.2, 0.25) is 0 Å². The fraction of sp³-hybridized carbons (Fsp3) is 0.231. The van der Waals surface area contributed by atoms with E-state index in [9.17, 15) is 4.39 Å². The van der Waals surface area contributed by atoms with Crippen molar-refractivity contribution in [2.24, 2.45) is 0 Å². The van der Waals surface area contributed by atoms with Gasteiger partial charge in [-0.1, -0.05) is 18.2 Å². The van der Waals surface area contributed by atoms with Crippen LogP contribution in [-0.2, 0) is 13.0 Å². The lowest BCUT2D eigenvalue weighted by Crippen LogP contribution is -2.16. The maximum atomic E-state index is 13.3. The maximum Gasteiger partial charge on any atom is 0.126 e. The standard InChI is InChI=1S/C13H13BrFNS/c14-11-6-8-17-13(11)9-16-7-5-10-3-1-2-4-12(10)15/h1-4,6,8,16H,5,7,9H2. The molecule has 1 N–H and O–H groups in total. The third-order valence-electron chi connectivity index (χ3n) is 2.51. The summed E-state index contributed by atoms with van der Waals surface area (Å²) in [7, 11) is 0. The Bertz CT molecular complexity index is 484. The third kappa shape index (κ3) is 3.63. The predicted octanol–water partition coefficient (Wildman–Crippen LogP) is 3.98. The zero-order chi connectivity index (χ0) is 12.1. The number of benzene rings is 1. The monoisotopic (exact) mass is 313 g/mol. The molecule has 1 aromatic carbocycles. The highest BCUT2D eigenvalue weighted by atomic mass is 79.9. The van der Waals surface area contributed by atoms with E-state index in [1.807, 2.05) is 18.2 Å². The molecule has 0 spiro atoms. The summed E-state index contributed by atoms with van der Waals surface area (Å²) in [6, 6.07) is 8.96. The van der Waals surface area contributed by atoms with Gasteiger partial charge in [0, 0.05) is 15.9 Å². The average molecular weight is 314 g/mol. The zero-order valence-electron chi connectivity index (χ0n) is 9.25. The summed E-state index contributed by atoms with van der Waals surface area (Å²) in [5.74, 6) is -0.119. The van der Waals surface area contributed by atoms with Crippen LogP contribution in [0.15, 0.2) is 40.2 Å². The van der Waals surface area contributed by atoms with Crippen molar-refractivity contribution in [3.05, 3.63) is 56.4 Å². The largest absolute Gasteiger partial charge is 0.311 e. The minimum absolute atomic E-state index is 0.119. The SMILES string of the molecule is Fc1ccccc1CCNCc1sccc1Br. The normalized spacial score (nSPS) is 10.7. The quantitative estimate of drug-likeness (QED) is 0.823. The number of hydrogen-bond donors (Lipinski definition) is 1. The molecule has 0 saturated carbocycles. The molecule has 0 unspecified atom stereocenters. The minimum Gasteiger partial charge on any atom is -0.311 e. The van der Waals surface area contributed by atoms with Gasteiger partial charge in [0.1, 0.15) is 5.82 Å². The Morgan fingerprint density at radius 3 is 2.76 bits per heavy atom. The summed E-state index contributed by atoms with van der Waals surface area (Å²) in [5.41, 5.74) is 0.769. The second-order valence-corrected chi connectivity index (χ2v) is 5.56. The summed E-state index contributed by atoms with van der Waals surface area (Å²) in [4.78, 5) is 1.28. The molecule has 2 aromatic rings. The van der Waals surface area contributed by atoms with Gasteiger partial charge in [0.25, 0.3) is 0 Å². The summed E-state index contributed by atoms with van der Waals surface area (Å²) >= 11 is 5.20. The van der Waals surface area contributed by atoms with Crippen molar-refractivity contribution in [1.82, 2.24) is 5.32 Å². The highest BCUT2D eigenvalue weighted by Crippen LogP contribution is 2.22. The fourth-order valence-corrected chi connectivity index (χ4v) is 3.04. The van der Waals surface area contributed by atoms with Gasteiger partial charge in [-0.25, -0.2) is 4.39 Å². The topological polar surface area (TPSA) is 12.0 Å². The van der Waals surface area contributed by atoms with Crippen LogP contribution in [0.3, 0.4) is 0 Å². The van der Waals surface area contributed by atoms with Gasteiger partial charge in [0.15, 0.2) is 0 Å². The van der Waals surface area contributed by atoms with Crippen LogP contribution >= 0.6 is 27.3 Å². The van der Waals surface area contributed by atoms with Gasteiger partial charge >= 0.3 is 0 Å². The Hall–Kier alpha value is -0.710. The lowest BCUT2D eigenvalue weighted by molar-refractivity contribution is 0.598. The highest BCUT2D eigenvalue weighted by Gasteiger charge is 2.02. The molecular formula is C13H13BrFNS. The Morgan fingerprint density at radius 1 is 1.24 bits per heavy atom. The zero-order valence-corrected chi connectivity index (χ0v) is 11.7. The minimum atomic E-state index is -0.119. The van der Waals surface area contributed by atoms with Crippen LogP contribution in [0.4, 0.5) is 4.39 Å². The molecule has 4 heteroatoms. The first-order valence-electron chi connectivity index (χ1n) is 5.43. The van der Waals surface area contributed by atoms with Crippen LogP contribution in [0, 0.1) is 5.82 Å².